The number of carboxylic acids is 1. The van der Waals surface area contributed by atoms with Crippen LogP contribution in [0.25, 0.3) is 11.5 Å². The van der Waals surface area contributed by atoms with E-state index in [0.29, 0.717) is 35.6 Å². The van der Waals surface area contributed by atoms with Gasteiger partial charge in [0.25, 0.3) is 0 Å². The smallest absolute Gasteiger partial charge is 0.310 e. The zero-order valence-corrected chi connectivity index (χ0v) is 22.9. The molecule has 11 nitrogen and oxygen atoms in total. The van der Waals surface area contributed by atoms with Crippen molar-refractivity contribution in [2.24, 2.45) is 5.92 Å². The van der Waals surface area contributed by atoms with Gasteiger partial charge in [-0.05, 0) is 74.8 Å². The van der Waals surface area contributed by atoms with Crippen LogP contribution in [0.3, 0.4) is 0 Å². The van der Waals surface area contributed by atoms with Gasteiger partial charge in [-0.2, -0.15) is 4.98 Å². The summed E-state index contributed by atoms with van der Waals surface area (Å²) in [7, 11) is 0. The molecular weight excluding hydrogens is 518 g/mol. The maximum atomic E-state index is 11.8. The van der Waals surface area contributed by atoms with Crippen molar-refractivity contribution in [1.29, 1.82) is 0 Å². The lowest BCUT2D eigenvalue weighted by atomic mass is 9.91. The number of hydrogen-bond donors (Lipinski definition) is 3. The highest BCUT2D eigenvalue weighted by Crippen LogP contribution is 2.32. The first-order chi connectivity index (χ1) is 20.0. The minimum atomic E-state index is -0.698. The first-order valence-electron chi connectivity index (χ1n) is 14.0. The highest BCUT2D eigenvalue weighted by molar-refractivity contribution is 5.72. The highest BCUT2D eigenvalue weighted by Gasteiger charge is 2.46. The molecule has 2 atom stereocenters. The van der Waals surface area contributed by atoms with Gasteiger partial charge in [0, 0.05) is 36.9 Å². The maximum absolute atomic E-state index is 11.8. The molecule has 0 saturated carbocycles. The van der Waals surface area contributed by atoms with Gasteiger partial charge in [-0.1, -0.05) is 24.6 Å². The third kappa shape index (κ3) is 6.31. The Morgan fingerprint density at radius 1 is 0.902 bits per heavy atom. The molecule has 41 heavy (non-hydrogen) atoms. The van der Waals surface area contributed by atoms with E-state index in [2.05, 4.69) is 57.5 Å². The summed E-state index contributed by atoms with van der Waals surface area (Å²) in [6.07, 6.45) is 6.85. The van der Waals surface area contributed by atoms with Crippen molar-refractivity contribution in [2.75, 3.05) is 30.3 Å². The molecule has 0 spiro atoms. The number of nitrogens with zero attached hydrogens (tertiary/aromatic N) is 7. The molecule has 0 amide bonds. The third-order valence-corrected chi connectivity index (χ3v) is 7.53. The summed E-state index contributed by atoms with van der Waals surface area (Å²) in [5.41, 5.74) is 3.61. The summed E-state index contributed by atoms with van der Waals surface area (Å²) in [6, 6.07) is 17.4. The van der Waals surface area contributed by atoms with Crippen molar-refractivity contribution in [2.45, 2.75) is 38.9 Å². The number of benzene rings is 1. The predicted molar refractivity (Wildman–Crippen MR) is 156 cm³/mol. The number of carbonyl (C=O) groups is 1. The van der Waals surface area contributed by atoms with Crippen molar-refractivity contribution in [3.8, 4) is 11.5 Å². The number of hydrogen-bond acceptors (Lipinski definition) is 10. The summed E-state index contributed by atoms with van der Waals surface area (Å²) in [5, 5.41) is 16.2. The molecule has 11 heteroatoms. The van der Waals surface area contributed by atoms with E-state index in [0.717, 1.165) is 49.4 Å². The zero-order valence-electron chi connectivity index (χ0n) is 22.9. The Labute approximate surface area is 238 Å². The molecule has 6 rings (SSSR count). The first kappa shape index (κ1) is 26.7. The maximum Gasteiger partial charge on any atom is 0.310 e. The average Bonchev–Trinajstić information content (AvgIpc) is 2.97. The second-order valence-corrected chi connectivity index (χ2v) is 10.5. The lowest BCUT2D eigenvalue weighted by molar-refractivity contribution is -0.167. The summed E-state index contributed by atoms with van der Waals surface area (Å²) in [5.74, 6) is 1.17. The Kier molecular flexibility index (Phi) is 7.79. The van der Waals surface area contributed by atoms with E-state index in [9.17, 15) is 9.90 Å². The van der Waals surface area contributed by atoms with Crippen molar-refractivity contribution in [3.05, 3.63) is 78.2 Å². The number of aliphatic carboxylic acids is 1. The summed E-state index contributed by atoms with van der Waals surface area (Å²) in [4.78, 5) is 38.8. The van der Waals surface area contributed by atoms with Crippen molar-refractivity contribution < 1.29 is 9.90 Å². The summed E-state index contributed by atoms with van der Waals surface area (Å²) < 4.78 is 0. The minimum Gasteiger partial charge on any atom is -0.481 e. The molecule has 2 fully saturated rings. The number of aromatic nitrogens is 5. The Balaban J connectivity index is 1.08. The van der Waals surface area contributed by atoms with E-state index >= 15 is 0 Å². The Bertz CT molecular complexity index is 1510. The van der Waals surface area contributed by atoms with Crippen LogP contribution in [0.1, 0.15) is 30.5 Å². The van der Waals surface area contributed by atoms with Crippen molar-refractivity contribution >= 4 is 29.2 Å². The van der Waals surface area contributed by atoms with E-state index in [-0.39, 0.29) is 12.1 Å². The lowest BCUT2D eigenvalue weighted by Gasteiger charge is -2.52. The van der Waals surface area contributed by atoms with Crippen LogP contribution in [0.5, 0.6) is 0 Å². The predicted octanol–water partition coefficient (Wildman–Crippen LogP) is 4.45. The van der Waals surface area contributed by atoms with Gasteiger partial charge in [0.1, 0.15) is 17.3 Å². The highest BCUT2D eigenvalue weighted by atomic mass is 16.4. The fourth-order valence-electron chi connectivity index (χ4n) is 5.50. The van der Waals surface area contributed by atoms with E-state index in [1.165, 1.54) is 6.42 Å². The molecule has 3 N–H and O–H groups in total. The van der Waals surface area contributed by atoms with Gasteiger partial charge in [-0.25, -0.2) is 19.9 Å². The molecule has 2 unspecified atom stereocenters. The van der Waals surface area contributed by atoms with Crippen LogP contribution in [-0.2, 0) is 11.3 Å². The average molecular weight is 552 g/mol. The molecule has 4 aromatic rings. The molecule has 210 valence electrons. The standard InChI is InChI=1S/C30H33N9O2/c1-20-6-5-7-24(33-20)27-31-14-12-25(36-27)35-26-13-15-32-30(37-26)34-22-10-8-21(9-11-22)18-39-19-23(29(40)41)28(39)38-16-3-2-4-17-38/h5-15,23,28H,2-4,16-19H2,1H3,(H,40,41)(H2,31,32,34,35,36,37). The van der Waals surface area contributed by atoms with Crippen LogP contribution in [0, 0.1) is 12.8 Å². The second kappa shape index (κ2) is 11.9. The van der Waals surface area contributed by atoms with Gasteiger partial charge in [0.15, 0.2) is 5.82 Å². The number of nitrogens with one attached hydrogen (secondary N) is 2. The molecule has 1 aromatic carbocycles. The third-order valence-electron chi connectivity index (χ3n) is 7.53. The van der Waals surface area contributed by atoms with Crippen LogP contribution >= 0.6 is 0 Å². The fraction of sp³-hybridized carbons (Fsp3) is 0.333. The largest absolute Gasteiger partial charge is 0.481 e. The van der Waals surface area contributed by atoms with Crippen LogP contribution in [0.4, 0.5) is 23.3 Å². The van der Waals surface area contributed by atoms with Gasteiger partial charge >= 0.3 is 5.97 Å². The van der Waals surface area contributed by atoms with Gasteiger partial charge < -0.3 is 15.7 Å². The van der Waals surface area contributed by atoms with Crippen LogP contribution < -0.4 is 10.6 Å². The molecule has 2 saturated heterocycles. The van der Waals surface area contributed by atoms with Crippen LogP contribution in [-0.4, -0.2) is 71.6 Å². The fourth-order valence-corrected chi connectivity index (χ4v) is 5.50. The molecule has 3 aromatic heterocycles. The Morgan fingerprint density at radius 2 is 1.66 bits per heavy atom. The zero-order chi connectivity index (χ0) is 28.2. The number of aryl methyl sites for hydroxylation is 1. The SMILES string of the molecule is Cc1cccc(-c2nccc(Nc3ccnc(Nc4ccc(CN5CC(C(=O)O)C5N5CCCCC5)cc4)n3)n2)n1. The minimum absolute atomic E-state index is 0.0201. The summed E-state index contributed by atoms with van der Waals surface area (Å²) in [6.45, 7) is 5.19. The molecular formula is C30H33N9O2. The molecule has 0 aliphatic carbocycles. The quantitative estimate of drug-likeness (QED) is 0.272. The van der Waals surface area contributed by atoms with Gasteiger partial charge in [0.2, 0.25) is 5.95 Å². The molecule has 0 radical (unpaired) electrons. The Hall–Kier alpha value is -4.48. The van der Waals surface area contributed by atoms with Crippen LogP contribution in [0.15, 0.2) is 67.0 Å². The number of pyridine rings is 1. The van der Waals surface area contributed by atoms with E-state index in [1.807, 2.05) is 37.3 Å². The monoisotopic (exact) mass is 551 g/mol. The van der Waals surface area contributed by atoms with Crippen molar-refractivity contribution in [3.63, 3.8) is 0 Å². The normalized spacial score (nSPS) is 19.3. The second-order valence-electron chi connectivity index (χ2n) is 10.5. The lowest BCUT2D eigenvalue weighted by Crippen LogP contribution is -2.66. The van der Waals surface area contributed by atoms with Crippen LogP contribution in [0.2, 0.25) is 0 Å². The topological polar surface area (TPSA) is 132 Å². The molecule has 2 aliphatic heterocycles. The van der Waals surface area contributed by atoms with E-state index in [1.54, 1.807) is 24.5 Å². The van der Waals surface area contributed by atoms with E-state index in [4.69, 9.17) is 0 Å². The molecule has 0 bridgehead atoms. The summed E-state index contributed by atoms with van der Waals surface area (Å²) >= 11 is 0. The number of rotatable bonds is 9. The number of carboxylic acid groups (broad SMARTS) is 1. The molecule has 5 heterocycles. The number of piperidine rings is 1. The van der Waals surface area contributed by atoms with Gasteiger partial charge in [0.05, 0.1) is 12.1 Å². The van der Waals surface area contributed by atoms with Crippen molar-refractivity contribution in [1.82, 2.24) is 34.7 Å². The first-order valence-corrected chi connectivity index (χ1v) is 14.0. The van der Waals surface area contributed by atoms with Gasteiger partial charge in [-0.3, -0.25) is 14.6 Å². The van der Waals surface area contributed by atoms with Gasteiger partial charge in [-0.15, -0.1) is 0 Å². The number of anilines is 4. The molecule has 2 aliphatic rings. The Morgan fingerprint density at radius 3 is 2.41 bits per heavy atom. The number of likely N-dealkylation sites (tertiary alicyclic amines) is 2. The van der Waals surface area contributed by atoms with E-state index < -0.39 is 5.97 Å².